The molecule has 0 aliphatic rings. The molecule has 2 aromatic heterocycles. The van der Waals surface area contributed by atoms with Crippen LogP contribution in [0.1, 0.15) is 30.8 Å². The molecule has 14 heavy (non-hydrogen) atoms. The summed E-state index contributed by atoms with van der Waals surface area (Å²) in [6, 6.07) is 6.12. The largest absolute Gasteiger partial charge is 0.302 e. The number of halogens is 1. The number of alkyl halides is 1. The third-order valence-electron chi connectivity index (χ3n) is 2.34. The van der Waals surface area contributed by atoms with Crippen LogP contribution in [-0.2, 0) is 0 Å². The molecule has 1 atom stereocenters. The van der Waals surface area contributed by atoms with E-state index in [1.807, 2.05) is 29.1 Å². The average molecular weight is 209 g/mol. The molecule has 0 saturated carbocycles. The van der Waals surface area contributed by atoms with Gasteiger partial charge in [-0.05, 0) is 18.6 Å². The standard InChI is InChI=1S/C11H13ClN2/c1-2-4-10(12)11-6-3-5-9-7-13-8-14(9)11/h3,5-8,10H,2,4H2,1H3. The van der Waals surface area contributed by atoms with Gasteiger partial charge in [0.25, 0.3) is 0 Å². The summed E-state index contributed by atoms with van der Waals surface area (Å²) < 4.78 is 2.05. The van der Waals surface area contributed by atoms with E-state index in [2.05, 4.69) is 18.0 Å². The van der Waals surface area contributed by atoms with E-state index in [1.165, 1.54) is 0 Å². The molecule has 0 aromatic carbocycles. The first-order valence-electron chi connectivity index (χ1n) is 4.88. The fraction of sp³-hybridized carbons (Fsp3) is 0.364. The summed E-state index contributed by atoms with van der Waals surface area (Å²) in [4.78, 5) is 4.11. The Balaban J connectivity index is 2.45. The predicted octanol–water partition coefficient (Wildman–Crippen LogP) is 3.41. The molecule has 74 valence electrons. The van der Waals surface area contributed by atoms with Crippen molar-refractivity contribution < 1.29 is 0 Å². The van der Waals surface area contributed by atoms with Crippen LogP contribution < -0.4 is 0 Å². The van der Waals surface area contributed by atoms with Gasteiger partial charge in [0, 0.05) is 5.69 Å². The van der Waals surface area contributed by atoms with Gasteiger partial charge in [-0.3, -0.25) is 0 Å². The fourth-order valence-electron chi connectivity index (χ4n) is 1.63. The number of pyridine rings is 1. The van der Waals surface area contributed by atoms with Crippen molar-refractivity contribution in [3.63, 3.8) is 0 Å². The smallest absolute Gasteiger partial charge is 0.0994 e. The third kappa shape index (κ3) is 1.62. The van der Waals surface area contributed by atoms with Gasteiger partial charge in [0.05, 0.1) is 23.4 Å². The normalized spacial score (nSPS) is 13.3. The molecule has 0 saturated heterocycles. The Labute approximate surface area is 88.5 Å². The predicted molar refractivity (Wildman–Crippen MR) is 58.7 cm³/mol. The number of imidazole rings is 1. The second-order valence-corrected chi connectivity index (χ2v) is 3.92. The van der Waals surface area contributed by atoms with Gasteiger partial charge in [0.15, 0.2) is 0 Å². The summed E-state index contributed by atoms with van der Waals surface area (Å²) in [5, 5.41) is 0.0814. The summed E-state index contributed by atoms with van der Waals surface area (Å²) in [6.45, 7) is 2.14. The van der Waals surface area contributed by atoms with Gasteiger partial charge in [-0.1, -0.05) is 19.4 Å². The highest BCUT2D eigenvalue weighted by Gasteiger charge is 2.09. The summed E-state index contributed by atoms with van der Waals surface area (Å²) >= 11 is 6.29. The Bertz CT molecular complexity index is 422. The van der Waals surface area contributed by atoms with Crippen molar-refractivity contribution in [1.29, 1.82) is 0 Å². The minimum atomic E-state index is 0.0814. The van der Waals surface area contributed by atoms with Gasteiger partial charge < -0.3 is 4.40 Å². The molecule has 2 aromatic rings. The fourth-order valence-corrected chi connectivity index (χ4v) is 2.02. The second kappa shape index (κ2) is 4.01. The Morgan fingerprint density at radius 2 is 2.36 bits per heavy atom. The van der Waals surface area contributed by atoms with Crippen LogP contribution in [0.25, 0.3) is 5.52 Å². The summed E-state index contributed by atoms with van der Waals surface area (Å²) in [7, 11) is 0. The number of aromatic nitrogens is 2. The van der Waals surface area contributed by atoms with Crippen LogP contribution in [0.3, 0.4) is 0 Å². The van der Waals surface area contributed by atoms with Gasteiger partial charge >= 0.3 is 0 Å². The SMILES string of the molecule is CCCC(Cl)c1cccc2cncn12. The van der Waals surface area contributed by atoms with Crippen molar-refractivity contribution >= 4 is 17.1 Å². The third-order valence-corrected chi connectivity index (χ3v) is 2.78. The number of fused-ring (bicyclic) bond motifs is 1. The van der Waals surface area contributed by atoms with Gasteiger partial charge in [-0.25, -0.2) is 4.98 Å². The van der Waals surface area contributed by atoms with Crippen LogP contribution in [0.5, 0.6) is 0 Å². The van der Waals surface area contributed by atoms with Crippen LogP contribution in [0.15, 0.2) is 30.7 Å². The molecular weight excluding hydrogens is 196 g/mol. The highest BCUT2D eigenvalue weighted by molar-refractivity contribution is 6.20. The van der Waals surface area contributed by atoms with E-state index in [0.29, 0.717) is 0 Å². The lowest BCUT2D eigenvalue weighted by Crippen LogP contribution is -1.98. The maximum atomic E-state index is 6.29. The molecule has 3 heteroatoms. The second-order valence-electron chi connectivity index (χ2n) is 3.40. The molecule has 0 spiro atoms. The van der Waals surface area contributed by atoms with E-state index >= 15 is 0 Å². The van der Waals surface area contributed by atoms with Gasteiger partial charge in [-0.2, -0.15) is 0 Å². The number of hydrogen-bond acceptors (Lipinski definition) is 1. The van der Waals surface area contributed by atoms with Crippen LogP contribution in [-0.4, -0.2) is 9.38 Å². The Morgan fingerprint density at radius 3 is 3.14 bits per heavy atom. The minimum absolute atomic E-state index is 0.0814. The lowest BCUT2D eigenvalue weighted by Gasteiger charge is -2.10. The highest BCUT2D eigenvalue weighted by Crippen LogP contribution is 2.25. The molecule has 0 aliphatic carbocycles. The van der Waals surface area contributed by atoms with Crippen molar-refractivity contribution in [3.8, 4) is 0 Å². The lowest BCUT2D eigenvalue weighted by atomic mass is 10.2. The van der Waals surface area contributed by atoms with Gasteiger partial charge in [0.2, 0.25) is 0 Å². The first-order valence-corrected chi connectivity index (χ1v) is 5.31. The van der Waals surface area contributed by atoms with E-state index in [9.17, 15) is 0 Å². The summed E-state index contributed by atoms with van der Waals surface area (Å²) in [5.74, 6) is 0. The highest BCUT2D eigenvalue weighted by atomic mass is 35.5. The first kappa shape index (κ1) is 9.53. The molecule has 1 unspecified atom stereocenters. The molecule has 0 fully saturated rings. The maximum absolute atomic E-state index is 6.29. The molecule has 0 N–H and O–H groups in total. The molecule has 2 rings (SSSR count). The molecule has 2 heterocycles. The van der Waals surface area contributed by atoms with Gasteiger partial charge in [-0.15, -0.1) is 11.6 Å². The Morgan fingerprint density at radius 1 is 1.50 bits per heavy atom. The average Bonchev–Trinajstić information content (AvgIpc) is 2.65. The quantitative estimate of drug-likeness (QED) is 0.707. The van der Waals surface area contributed by atoms with E-state index < -0.39 is 0 Å². The molecule has 2 nitrogen and oxygen atoms in total. The molecular formula is C11H13ClN2. The molecule has 0 amide bonds. The van der Waals surface area contributed by atoms with E-state index in [1.54, 1.807) is 0 Å². The van der Waals surface area contributed by atoms with Crippen molar-refractivity contribution in [3.05, 3.63) is 36.4 Å². The van der Waals surface area contributed by atoms with Crippen LogP contribution in [0, 0.1) is 0 Å². The van der Waals surface area contributed by atoms with Crippen LogP contribution in [0.2, 0.25) is 0 Å². The maximum Gasteiger partial charge on any atom is 0.0994 e. The Hall–Kier alpha value is -1.02. The van der Waals surface area contributed by atoms with Crippen molar-refractivity contribution in [1.82, 2.24) is 9.38 Å². The Kier molecular flexibility index (Phi) is 2.73. The van der Waals surface area contributed by atoms with E-state index in [0.717, 1.165) is 24.1 Å². The van der Waals surface area contributed by atoms with Crippen LogP contribution in [0.4, 0.5) is 0 Å². The molecule has 0 aliphatic heterocycles. The summed E-state index contributed by atoms with van der Waals surface area (Å²) in [6.07, 6.45) is 5.76. The number of nitrogens with zero attached hydrogens (tertiary/aromatic N) is 2. The van der Waals surface area contributed by atoms with E-state index in [-0.39, 0.29) is 5.38 Å². The zero-order valence-electron chi connectivity index (χ0n) is 8.15. The zero-order chi connectivity index (χ0) is 9.97. The first-order chi connectivity index (χ1) is 6.83. The van der Waals surface area contributed by atoms with Crippen LogP contribution >= 0.6 is 11.6 Å². The molecule has 0 radical (unpaired) electrons. The topological polar surface area (TPSA) is 17.3 Å². The number of rotatable bonds is 3. The monoisotopic (exact) mass is 208 g/mol. The van der Waals surface area contributed by atoms with E-state index in [4.69, 9.17) is 11.6 Å². The minimum Gasteiger partial charge on any atom is -0.302 e. The zero-order valence-corrected chi connectivity index (χ0v) is 8.91. The van der Waals surface area contributed by atoms with Crippen molar-refractivity contribution in [2.24, 2.45) is 0 Å². The van der Waals surface area contributed by atoms with Crippen molar-refractivity contribution in [2.75, 3.05) is 0 Å². The van der Waals surface area contributed by atoms with Gasteiger partial charge in [0.1, 0.15) is 0 Å². The number of hydrogen-bond donors (Lipinski definition) is 0. The molecule has 0 bridgehead atoms. The summed E-state index contributed by atoms with van der Waals surface area (Å²) in [5.41, 5.74) is 2.23. The lowest BCUT2D eigenvalue weighted by molar-refractivity contribution is 0.741. The van der Waals surface area contributed by atoms with Crippen molar-refractivity contribution in [2.45, 2.75) is 25.1 Å².